The molecule has 0 radical (unpaired) electrons. The summed E-state index contributed by atoms with van der Waals surface area (Å²) >= 11 is 0. The Morgan fingerprint density at radius 2 is 1.64 bits per heavy atom. The summed E-state index contributed by atoms with van der Waals surface area (Å²) in [4.78, 5) is 16.3. The molecule has 7 heteroatoms. The molecular formula is C15H24Cl2FN3O. The molecule has 0 saturated carbocycles. The molecule has 2 N–H and O–H groups in total. The highest BCUT2D eigenvalue weighted by molar-refractivity contribution is 5.85. The molecule has 1 heterocycles. The second kappa shape index (κ2) is 8.56. The summed E-state index contributed by atoms with van der Waals surface area (Å²) in [7, 11) is 0. The lowest BCUT2D eigenvalue weighted by Crippen LogP contribution is -2.53. The van der Waals surface area contributed by atoms with Gasteiger partial charge < -0.3 is 15.5 Å². The fourth-order valence-electron chi connectivity index (χ4n) is 2.33. The van der Waals surface area contributed by atoms with Crippen molar-refractivity contribution in [2.24, 2.45) is 11.1 Å². The average Bonchev–Trinajstić information content (AvgIpc) is 2.47. The second-order valence-corrected chi connectivity index (χ2v) is 5.84. The Hall–Kier alpha value is -1.04. The SMILES string of the molecule is CC(C)(CN)C(=O)N1CCN(c2ccc(F)cc2)CC1.Cl.Cl. The van der Waals surface area contributed by atoms with Crippen molar-refractivity contribution in [1.29, 1.82) is 0 Å². The van der Waals surface area contributed by atoms with E-state index in [9.17, 15) is 9.18 Å². The van der Waals surface area contributed by atoms with Crippen molar-refractivity contribution < 1.29 is 9.18 Å². The first kappa shape index (κ1) is 21.0. The summed E-state index contributed by atoms with van der Waals surface area (Å²) < 4.78 is 12.9. The molecule has 0 aromatic heterocycles. The van der Waals surface area contributed by atoms with E-state index in [1.807, 2.05) is 18.7 Å². The number of hydrogen-bond acceptors (Lipinski definition) is 3. The number of carbonyl (C=O) groups excluding carboxylic acids is 1. The van der Waals surface area contributed by atoms with E-state index < -0.39 is 5.41 Å². The third-order valence-corrected chi connectivity index (χ3v) is 3.85. The molecule has 0 aliphatic carbocycles. The van der Waals surface area contributed by atoms with Crippen molar-refractivity contribution in [2.75, 3.05) is 37.6 Å². The van der Waals surface area contributed by atoms with Crippen LogP contribution in [0.15, 0.2) is 24.3 Å². The maximum Gasteiger partial charge on any atom is 0.229 e. The molecule has 1 amide bonds. The fraction of sp³-hybridized carbons (Fsp3) is 0.533. The van der Waals surface area contributed by atoms with Gasteiger partial charge in [-0.1, -0.05) is 0 Å². The van der Waals surface area contributed by atoms with Crippen LogP contribution in [0.1, 0.15) is 13.8 Å². The Kier molecular flexibility index (Phi) is 8.15. The molecule has 1 aliphatic heterocycles. The first-order chi connectivity index (χ1) is 9.44. The van der Waals surface area contributed by atoms with Gasteiger partial charge in [-0.3, -0.25) is 4.79 Å². The van der Waals surface area contributed by atoms with Crippen molar-refractivity contribution >= 4 is 36.4 Å². The van der Waals surface area contributed by atoms with Crippen LogP contribution in [0.5, 0.6) is 0 Å². The third-order valence-electron chi connectivity index (χ3n) is 3.85. The normalized spacial score (nSPS) is 14.9. The summed E-state index contributed by atoms with van der Waals surface area (Å²) in [5.74, 6) is -0.119. The molecule has 0 atom stereocenters. The fourth-order valence-corrected chi connectivity index (χ4v) is 2.33. The van der Waals surface area contributed by atoms with E-state index >= 15 is 0 Å². The van der Waals surface area contributed by atoms with E-state index in [2.05, 4.69) is 4.90 Å². The van der Waals surface area contributed by atoms with Crippen molar-refractivity contribution in [1.82, 2.24) is 4.90 Å². The van der Waals surface area contributed by atoms with Crippen LogP contribution >= 0.6 is 24.8 Å². The largest absolute Gasteiger partial charge is 0.368 e. The van der Waals surface area contributed by atoms with E-state index in [4.69, 9.17) is 5.73 Å². The Morgan fingerprint density at radius 1 is 1.14 bits per heavy atom. The quantitative estimate of drug-likeness (QED) is 0.908. The van der Waals surface area contributed by atoms with Gasteiger partial charge in [-0.05, 0) is 38.1 Å². The molecule has 1 fully saturated rings. The first-order valence-corrected chi connectivity index (χ1v) is 6.94. The zero-order valence-corrected chi connectivity index (χ0v) is 14.6. The molecule has 126 valence electrons. The van der Waals surface area contributed by atoms with Crippen LogP contribution in [0, 0.1) is 11.2 Å². The van der Waals surface area contributed by atoms with E-state index in [-0.39, 0.29) is 36.5 Å². The monoisotopic (exact) mass is 351 g/mol. The van der Waals surface area contributed by atoms with Gasteiger partial charge in [0.25, 0.3) is 0 Å². The molecule has 0 unspecified atom stereocenters. The van der Waals surface area contributed by atoms with Gasteiger partial charge in [0, 0.05) is 38.4 Å². The van der Waals surface area contributed by atoms with E-state index in [1.165, 1.54) is 12.1 Å². The Balaban J connectivity index is 0.00000220. The van der Waals surface area contributed by atoms with Crippen molar-refractivity contribution in [3.05, 3.63) is 30.1 Å². The summed E-state index contributed by atoms with van der Waals surface area (Å²) in [5, 5.41) is 0. The lowest BCUT2D eigenvalue weighted by atomic mass is 9.91. The van der Waals surface area contributed by atoms with Gasteiger partial charge >= 0.3 is 0 Å². The zero-order valence-electron chi connectivity index (χ0n) is 12.9. The van der Waals surface area contributed by atoms with Gasteiger partial charge in [0.1, 0.15) is 5.82 Å². The third kappa shape index (κ3) is 4.73. The molecule has 1 aromatic carbocycles. The first-order valence-electron chi connectivity index (χ1n) is 6.94. The number of rotatable bonds is 3. The summed E-state index contributed by atoms with van der Waals surface area (Å²) in [5.41, 5.74) is 6.15. The van der Waals surface area contributed by atoms with Crippen LogP contribution in [0.25, 0.3) is 0 Å². The lowest BCUT2D eigenvalue weighted by molar-refractivity contribution is -0.140. The standard InChI is InChI=1S/C15H22FN3O.2ClH/c1-15(2,11-17)14(20)19-9-7-18(8-10-19)13-5-3-12(16)4-6-13;;/h3-6H,7-11,17H2,1-2H3;2*1H. The molecule has 0 spiro atoms. The van der Waals surface area contributed by atoms with Crippen molar-refractivity contribution in [2.45, 2.75) is 13.8 Å². The summed E-state index contributed by atoms with van der Waals surface area (Å²) in [6, 6.07) is 6.47. The number of benzene rings is 1. The van der Waals surface area contributed by atoms with Crippen LogP contribution < -0.4 is 10.6 Å². The molecule has 4 nitrogen and oxygen atoms in total. The predicted octanol–water partition coefficient (Wildman–Crippen LogP) is 2.30. The van der Waals surface area contributed by atoms with E-state index in [0.717, 1.165) is 18.8 Å². The summed E-state index contributed by atoms with van der Waals surface area (Å²) in [6.45, 7) is 6.99. The van der Waals surface area contributed by atoms with Crippen molar-refractivity contribution in [3.8, 4) is 0 Å². The molecule has 1 aromatic rings. The predicted molar refractivity (Wildman–Crippen MR) is 92.5 cm³/mol. The van der Waals surface area contributed by atoms with Crippen LogP contribution in [0.2, 0.25) is 0 Å². The minimum Gasteiger partial charge on any atom is -0.368 e. The van der Waals surface area contributed by atoms with Crippen LogP contribution in [0.4, 0.5) is 10.1 Å². The van der Waals surface area contributed by atoms with Crippen LogP contribution in [0.3, 0.4) is 0 Å². The van der Waals surface area contributed by atoms with Gasteiger partial charge in [-0.2, -0.15) is 0 Å². The van der Waals surface area contributed by atoms with Gasteiger partial charge in [-0.15, -0.1) is 24.8 Å². The zero-order chi connectivity index (χ0) is 14.8. The lowest BCUT2D eigenvalue weighted by Gasteiger charge is -2.39. The number of nitrogens with zero attached hydrogens (tertiary/aromatic N) is 2. The van der Waals surface area contributed by atoms with Gasteiger partial charge in [0.05, 0.1) is 5.41 Å². The maximum absolute atomic E-state index is 12.9. The van der Waals surface area contributed by atoms with Crippen LogP contribution in [-0.2, 0) is 4.79 Å². The minimum atomic E-state index is -0.502. The molecule has 1 saturated heterocycles. The summed E-state index contributed by atoms with van der Waals surface area (Å²) in [6.07, 6.45) is 0. The highest BCUT2D eigenvalue weighted by Crippen LogP contribution is 2.21. The minimum absolute atomic E-state index is 0. The molecule has 22 heavy (non-hydrogen) atoms. The topological polar surface area (TPSA) is 49.6 Å². The molecule has 1 aliphatic rings. The number of carbonyl (C=O) groups is 1. The Morgan fingerprint density at radius 3 is 2.09 bits per heavy atom. The van der Waals surface area contributed by atoms with E-state index in [0.29, 0.717) is 19.6 Å². The molecule has 2 rings (SSSR count). The number of piperazine rings is 1. The second-order valence-electron chi connectivity index (χ2n) is 5.84. The Bertz CT molecular complexity index is 474. The van der Waals surface area contributed by atoms with Crippen LogP contribution in [-0.4, -0.2) is 43.5 Å². The van der Waals surface area contributed by atoms with Gasteiger partial charge in [0.2, 0.25) is 5.91 Å². The number of amides is 1. The van der Waals surface area contributed by atoms with Crippen molar-refractivity contribution in [3.63, 3.8) is 0 Å². The number of halogens is 3. The van der Waals surface area contributed by atoms with E-state index in [1.54, 1.807) is 12.1 Å². The van der Waals surface area contributed by atoms with Gasteiger partial charge in [0.15, 0.2) is 0 Å². The number of anilines is 1. The molecular weight excluding hydrogens is 328 g/mol. The molecule has 0 bridgehead atoms. The highest BCUT2D eigenvalue weighted by atomic mass is 35.5. The van der Waals surface area contributed by atoms with Gasteiger partial charge in [-0.25, -0.2) is 4.39 Å². The smallest absolute Gasteiger partial charge is 0.229 e. The number of nitrogens with two attached hydrogens (primary N) is 1. The highest BCUT2D eigenvalue weighted by Gasteiger charge is 2.32. The maximum atomic E-state index is 12.9. The Labute approximate surface area is 143 Å². The number of hydrogen-bond donors (Lipinski definition) is 1. The average molecular weight is 352 g/mol.